The maximum atomic E-state index is 14.2. The van der Waals surface area contributed by atoms with Crippen LogP contribution in [0.15, 0.2) is 29.6 Å². The second-order valence-corrected chi connectivity index (χ2v) is 10.1. The Kier molecular flexibility index (Phi) is 5.58. The zero-order valence-electron chi connectivity index (χ0n) is 18.5. The molecule has 0 aliphatic carbocycles. The summed E-state index contributed by atoms with van der Waals surface area (Å²) < 4.78 is 62.5. The SMILES string of the molecule is CC(C)C(=O)N1CC2(C1)OCc1cc(C3=NOC(c4cc(Cl)c(F)c(Cl)c4)(C(F)(F)F)C3)ncc12. The van der Waals surface area contributed by atoms with Crippen molar-refractivity contribution in [2.24, 2.45) is 11.1 Å². The first-order valence-corrected chi connectivity index (χ1v) is 11.5. The number of ether oxygens (including phenoxy) is 1. The van der Waals surface area contributed by atoms with Crippen LogP contribution in [0.5, 0.6) is 0 Å². The molecule has 1 atom stereocenters. The molecule has 3 aliphatic rings. The van der Waals surface area contributed by atoms with Crippen LogP contribution in [0.2, 0.25) is 10.0 Å². The van der Waals surface area contributed by atoms with Crippen LogP contribution >= 0.6 is 23.2 Å². The Morgan fingerprint density at radius 1 is 1.17 bits per heavy atom. The lowest BCUT2D eigenvalue weighted by molar-refractivity contribution is -0.275. The van der Waals surface area contributed by atoms with Crippen molar-refractivity contribution in [2.75, 3.05) is 13.1 Å². The van der Waals surface area contributed by atoms with E-state index < -0.39 is 45.2 Å². The van der Waals surface area contributed by atoms with Crippen molar-refractivity contribution < 1.29 is 31.9 Å². The number of rotatable bonds is 3. The molecule has 1 spiro atoms. The summed E-state index contributed by atoms with van der Waals surface area (Å²) in [7, 11) is 0. The first-order chi connectivity index (χ1) is 16.4. The van der Waals surface area contributed by atoms with Crippen molar-refractivity contribution in [3.63, 3.8) is 0 Å². The van der Waals surface area contributed by atoms with Gasteiger partial charge in [0.1, 0.15) is 11.3 Å². The van der Waals surface area contributed by atoms with Crippen molar-refractivity contribution in [1.82, 2.24) is 9.88 Å². The third kappa shape index (κ3) is 3.68. The largest absolute Gasteiger partial charge is 0.435 e. The minimum atomic E-state index is -4.91. The summed E-state index contributed by atoms with van der Waals surface area (Å²) in [6, 6.07) is 3.29. The fourth-order valence-corrected chi connectivity index (χ4v) is 5.15. The predicted molar refractivity (Wildman–Crippen MR) is 119 cm³/mol. The highest BCUT2D eigenvalue weighted by molar-refractivity contribution is 6.35. The molecule has 1 unspecified atom stereocenters. The van der Waals surface area contributed by atoms with Gasteiger partial charge in [0, 0.05) is 23.2 Å². The highest BCUT2D eigenvalue weighted by Gasteiger charge is 2.63. The van der Waals surface area contributed by atoms with Gasteiger partial charge in [-0.15, -0.1) is 0 Å². The topological polar surface area (TPSA) is 64.0 Å². The van der Waals surface area contributed by atoms with Gasteiger partial charge in [-0.3, -0.25) is 9.78 Å². The van der Waals surface area contributed by atoms with Gasteiger partial charge in [-0.1, -0.05) is 42.2 Å². The average molecular weight is 532 g/mol. The van der Waals surface area contributed by atoms with Gasteiger partial charge in [-0.25, -0.2) is 4.39 Å². The minimum Gasteiger partial charge on any atom is -0.374 e. The molecule has 0 saturated carbocycles. The molecule has 1 aromatic heterocycles. The van der Waals surface area contributed by atoms with E-state index in [0.717, 1.165) is 23.3 Å². The summed E-state index contributed by atoms with van der Waals surface area (Å²) in [5.74, 6) is -1.12. The van der Waals surface area contributed by atoms with E-state index in [-0.39, 0.29) is 29.8 Å². The van der Waals surface area contributed by atoms with E-state index in [1.807, 2.05) is 13.8 Å². The molecule has 4 heterocycles. The third-order valence-electron chi connectivity index (χ3n) is 6.61. The standard InChI is InChI=1S/C23H19Cl2F4N3O3/c1-11(2)20(33)32-9-21(10-32)14-7-30-17(3-12(14)8-34-21)18-6-22(35-31-18,23(27,28)29)13-4-15(24)19(26)16(25)5-13/h3-5,7,11H,6,8-10H2,1-2H3. The van der Waals surface area contributed by atoms with E-state index in [2.05, 4.69) is 10.1 Å². The molecule has 5 rings (SSSR count). The second kappa shape index (κ2) is 8.04. The molecule has 0 bridgehead atoms. The van der Waals surface area contributed by atoms with Gasteiger partial charge in [0.15, 0.2) is 5.82 Å². The van der Waals surface area contributed by atoms with Crippen molar-refractivity contribution in [3.05, 3.63) is 62.6 Å². The molecule has 3 aliphatic heterocycles. The van der Waals surface area contributed by atoms with Crippen LogP contribution in [0.25, 0.3) is 0 Å². The van der Waals surface area contributed by atoms with Crippen LogP contribution < -0.4 is 0 Å². The molecule has 35 heavy (non-hydrogen) atoms. The quantitative estimate of drug-likeness (QED) is 0.396. The number of amides is 1. The maximum absolute atomic E-state index is 14.2. The Bertz CT molecular complexity index is 1240. The van der Waals surface area contributed by atoms with E-state index in [9.17, 15) is 22.4 Å². The number of hydrogen-bond donors (Lipinski definition) is 0. The summed E-state index contributed by atoms with van der Waals surface area (Å²) in [5.41, 5.74) is -2.30. The molecule has 1 fully saturated rings. The lowest BCUT2D eigenvalue weighted by Crippen LogP contribution is -2.62. The molecule has 1 amide bonds. The highest BCUT2D eigenvalue weighted by Crippen LogP contribution is 2.50. The van der Waals surface area contributed by atoms with Crippen LogP contribution in [0.4, 0.5) is 17.6 Å². The molecule has 6 nitrogen and oxygen atoms in total. The number of halogens is 6. The molecule has 0 N–H and O–H groups in total. The minimum absolute atomic E-state index is 0.0270. The summed E-state index contributed by atoms with van der Waals surface area (Å²) in [6.45, 7) is 4.67. The highest BCUT2D eigenvalue weighted by atomic mass is 35.5. The maximum Gasteiger partial charge on any atom is 0.435 e. The van der Waals surface area contributed by atoms with Crippen LogP contribution in [0, 0.1) is 11.7 Å². The third-order valence-corrected chi connectivity index (χ3v) is 7.16. The van der Waals surface area contributed by atoms with Gasteiger partial charge < -0.3 is 14.5 Å². The van der Waals surface area contributed by atoms with Crippen molar-refractivity contribution in [3.8, 4) is 0 Å². The molecule has 12 heteroatoms. The van der Waals surface area contributed by atoms with Crippen LogP contribution in [0.1, 0.15) is 42.7 Å². The van der Waals surface area contributed by atoms with Gasteiger partial charge in [0.25, 0.3) is 5.60 Å². The molecule has 1 aromatic carbocycles. The van der Waals surface area contributed by atoms with Crippen molar-refractivity contribution in [1.29, 1.82) is 0 Å². The molecule has 186 valence electrons. The molecular weight excluding hydrogens is 513 g/mol. The fraction of sp³-hybridized carbons (Fsp3) is 0.435. The Morgan fingerprint density at radius 2 is 1.83 bits per heavy atom. The molecular formula is C23H19Cl2F4N3O3. The summed E-state index contributed by atoms with van der Waals surface area (Å²) in [5, 5.41) is 2.58. The van der Waals surface area contributed by atoms with E-state index >= 15 is 0 Å². The number of aromatic nitrogens is 1. The number of benzene rings is 1. The lowest BCUT2D eigenvalue weighted by Gasteiger charge is -2.48. The van der Waals surface area contributed by atoms with Gasteiger partial charge >= 0.3 is 6.18 Å². The smallest absolute Gasteiger partial charge is 0.374 e. The number of hydrogen-bond acceptors (Lipinski definition) is 5. The number of pyridine rings is 1. The lowest BCUT2D eigenvalue weighted by atomic mass is 9.84. The number of oxime groups is 1. The monoisotopic (exact) mass is 531 g/mol. The number of carbonyl (C=O) groups is 1. The van der Waals surface area contributed by atoms with Crippen molar-refractivity contribution in [2.45, 2.75) is 44.3 Å². The number of likely N-dealkylation sites (tertiary alicyclic amines) is 1. The Hall–Kier alpha value is -2.43. The zero-order valence-corrected chi connectivity index (χ0v) is 20.1. The summed E-state index contributed by atoms with van der Waals surface area (Å²) >= 11 is 11.5. The van der Waals surface area contributed by atoms with E-state index in [1.54, 1.807) is 17.2 Å². The fourth-order valence-electron chi connectivity index (χ4n) is 4.66. The van der Waals surface area contributed by atoms with Gasteiger partial charge in [-0.2, -0.15) is 13.2 Å². The second-order valence-electron chi connectivity index (χ2n) is 9.24. The first kappa shape index (κ1) is 24.3. The van der Waals surface area contributed by atoms with E-state index in [4.69, 9.17) is 32.8 Å². The summed E-state index contributed by atoms with van der Waals surface area (Å²) in [6.07, 6.45) is -4.06. The number of carbonyl (C=O) groups excluding carboxylic acids is 1. The van der Waals surface area contributed by atoms with Crippen LogP contribution in [0.3, 0.4) is 0 Å². The number of fused-ring (bicyclic) bond motifs is 2. The Balaban J connectivity index is 1.42. The van der Waals surface area contributed by atoms with Crippen LogP contribution in [-0.4, -0.2) is 40.8 Å². The van der Waals surface area contributed by atoms with Crippen LogP contribution in [-0.2, 0) is 32.2 Å². The van der Waals surface area contributed by atoms with Crippen molar-refractivity contribution >= 4 is 34.8 Å². The predicted octanol–water partition coefficient (Wildman–Crippen LogP) is 5.33. The number of alkyl halides is 3. The van der Waals surface area contributed by atoms with Gasteiger partial charge in [0.05, 0.1) is 41.9 Å². The number of nitrogens with zero attached hydrogens (tertiary/aromatic N) is 3. The van der Waals surface area contributed by atoms with E-state index in [0.29, 0.717) is 13.1 Å². The molecule has 2 aromatic rings. The average Bonchev–Trinajstić information content (AvgIpc) is 3.38. The van der Waals surface area contributed by atoms with E-state index in [1.165, 1.54) is 0 Å². The normalized spacial score (nSPS) is 22.8. The molecule has 1 saturated heterocycles. The Labute approximate surface area is 207 Å². The first-order valence-electron chi connectivity index (χ1n) is 10.8. The van der Waals surface area contributed by atoms with Gasteiger partial charge in [0.2, 0.25) is 5.91 Å². The summed E-state index contributed by atoms with van der Waals surface area (Å²) in [4.78, 5) is 23.2. The van der Waals surface area contributed by atoms with Gasteiger partial charge in [-0.05, 0) is 23.8 Å². The molecule has 0 radical (unpaired) electrons. The zero-order chi connectivity index (χ0) is 25.3. The Morgan fingerprint density at radius 3 is 2.43 bits per heavy atom.